The minimum Gasteiger partial charge on any atom is -0.275 e. The van der Waals surface area contributed by atoms with Crippen LogP contribution in [0.15, 0.2) is 12.4 Å². The van der Waals surface area contributed by atoms with Crippen LogP contribution in [-0.2, 0) is 7.05 Å². The largest absolute Gasteiger partial charge is 0.282 e. The zero-order valence-corrected chi connectivity index (χ0v) is 5.34. The minimum atomic E-state index is -0.770. The van der Waals surface area contributed by atoms with E-state index in [0.29, 0.717) is 0 Å². The Hall–Kier alpha value is -1.39. The molecule has 54 valence electrons. The van der Waals surface area contributed by atoms with E-state index in [9.17, 15) is 9.28 Å². The molecule has 0 atom stereocenters. The molecule has 0 saturated heterocycles. The van der Waals surface area contributed by atoms with Gasteiger partial charge in [-0.15, -0.1) is 0 Å². The van der Waals surface area contributed by atoms with E-state index < -0.39 is 5.91 Å². The summed E-state index contributed by atoms with van der Waals surface area (Å²) in [6, 6.07) is 0. The van der Waals surface area contributed by atoms with Crippen molar-refractivity contribution in [2.75, 3.05) is 0 Å². The van der Waals surface area contributed by atoms with Gasteiger partial charge >= 0.3 is 0 Å². The van der Waals surface area contributed by atoms with Crippen LogP contribution < -0.4 is 5.54 Å². The molecule has 1 rings (SSSR count). The SMILES string of the molecule is Cn1cc(C(=O)NF)cn1. The molecule has 0 aliphatic heterocycles. The molecule has 0 aromatic carbocycles. The van der Waals surface area contributed by atoms with Gasteiger partial charge in [-0.3, -0.25) is 9.48 Å². The average Bonchev–Trinajstić information content (AvgIpc) is 2.34. The van der Waals surface area contributed by atoms with E-state index in [0.717, 1.165) is 5.54 Å². The molecule has 0 saturated carbocycles. The predicted octanol–water partition coefficient (Wildman–Crippen LogP) is 0.0344. The monoisotopic (exact) mass is 143 g/mol. The normalized spacial score (nSPS) is 9.40. The first-order valence-electron chi connectivity index (χ1n) is 2.63. The number of hydrogen-bond donors (Lipinski definition) is 1. The number of halogens is 1. The summed E-state index contributed by atoms with van der Waals surface area (Å²) in [5.74, 6) is -0.770. The summed E-state index contributed by atoms with van der Waals surface area (Å²) in [7, 11) is 1.65. The Balaban J connectivity index is 2.85. The quantitative estimate of drug-likeness (QED) is 0.564. The molecular formula is C5H6FN3O. The molecule has 0 aliphatic carbocycles. The molecule has 10 heavy (non-hydrogen) atoms. The van der Waals surface area contributed by atoms with Crippen molar-refractivity contribution >= 4 is 5.91 Å². The number of aromatic nitrogens is 2. The van der Waals surface area contributed by atoms with Gasteiger partial charge in [0.25, 0.3) is 5.91 Å². The highest BCUT2D eigenvalue weighted by Gasteiger charge is 2.04. The maximum Gasteiger partial charge on any atom is 0.282 e. The fourth-order valence-corrected chi connectivity index (χ4v) is 0.593. The molecule has 0 unspecified atom stereocenters. The van der Waals surface area contributed by atoms with E-state index in [-0.39, 0.29) is 5.56 Å². The van der Waals surface area contributed by atoms with Crippen molar-refractivity contribution in [3.05, 3.63) is 18.0 Å². The Morgan fingerprint density at radius 2 is 2.60 bits per heavy atom. The molecule has 1 aromatic heterocycles. The lowest BCUT2D eigenvalue weighted by molar-refractivity contribution is 0.0859. The van der Waals surface area contributed by atoms with Gasteiger partial charge in [-0.25, -0.2) is 0 Å². The highest BCUT2D eigenvalue weighted by Crippen LogP contribution is 1.94. The summed E-state index contributed by atoms with van der Waals surface area (Å²) in [6.45, 7) is 0. The third kappa shape index (κ3) is 1.12. The van der Waals surface area contributed by atoms with Crippen LogP contribution in [0.1, 0.15) is 10.4 Å². The topological polar surface area (TPSA) is 46.9 Å². The van der Waals surface area contributed by atoms with Crippen molar-refractivity contribution in [2.45, 2.75) is 0 Å². The van der Waals surface area contributed by atoms with E-state index in [1.165, 1.54) is 17.1 Å². The molecule has 0 aliphatic rings. The van der Waals surface area contributed by atoms with Crippen molar-refractivity contribution in [1.82, 2.24) is 15.3 Å². The van der Waals surface area contributed by atoms with E-state index in [1.54, 1.807) is 7.05 Å². The van der Waals surface area contributed by atoms with Crippen LogP contribution in [0.5, 0.6) is 0 Å². The van der Waals surface area contributed by atoms with Crippen LogP contribution in [0.25, 0.3) is 0 Å². The molecule has 0 bridgehead atoms. The lowest BCUT2D eigenvalue weighted by atomic mass is 10.3. The molecule has 5 heteroatoms. The average molecular weight is 143 g/mol. The predicted molar refractivity (Wildman–Crippen MR) is 31.8 cm³/mol. The molecule has 1 N–H and O–H groups in total. The Morgan fingerprint density at radius 1 is 1.90 bits per heavy atom. The number of aryl methyl sites for hydroxylation is 1. The number of carbonyl (C=O) groups is 1. The molecule has 4 nitrogen and oxygen atoms in total. The van der Waals surface area contributed by atoms with Crippen molar-refractivity contribution in [2.24, 2.45) is 7.05 Å². The van der Waals surface area contributed by atoms with Crippen LogP contribution in [0.2, 0.25) is 0 Å². The Bertz CT molecular complexity index is 245. The lowest BCUT2D eigenvalue weighted by Crippen LogP contribution is -2.12. The summed E-state index contributed by atoms with van der Waals surface area (Å²) in [5.41, 5.74) is 1.22. The van der Waals surface area contributed by atoms with E-state index in [4.69, 9.17) is 0 Å². The van der Waals surface area contributed by atoms with Crippen molar-refractivity contribution in [3.8, 4) is 0 Å². The maximum absolute atomic E-state index is 11.4. The van der Waals surface area contributed by atoms with E-state index >= 15 is 0 Å². The summed E-state index contributed by atoms with van der Waals surface area (Å²) in [4.78, 5) is 10.5. The first-order chi connectivity index (χ1) is 4.74. The summed E-state index contributed by atoms with van der Waals surface area (Å²) in [6.07, 6.45) is 2.71. The first kappa shape index (κ1) is 6.73. The number of amides is 1. The number of rotatable bonds is 1. The molecule has 0 spiro atoms. The molecule has 0 fully saturated rings. The van der Waals surface area contributed by atoms with Gasteiger partial charge in [0.15, 0.2) is 0 Å². The Kier molecular flexibility index (Phi) is 1.66. The summed E-state index contributed by atoms with van der Waals surface area (Å²) < 4.78 is 12.9. The van der Waals surface area contributed by atoms with Gasteiger partial charge in [0.05, 0.1) is 11.8 Å². The van der Waals surface area contributed by atoms with Gasteiger partial charge < -0.3 is 0 Å². The highest BCUT2D eigenvalue weighted by atomic mass is 19.2. The number of nitrogens with zero attached hydrogens (tertiary/aromatic N) is 2. The zero-order valence-electron chi connectivity index (χ0n) is 5.34. The Morgan fingerprint density at radius 3 is 3.00 bits per heavy atom. The minimum absolute atomic E-state index is 0.213. The van der Waals surface area contributed by atoms with Crippen molar-refractivity contribution in [3.63, 3.8) is 0 Å². The number of hydrogen-bond acceptors (Lipinski definition) is 2. The Labute approximate surface area is 56.6 Å². The lowest BCUT2D eigenvalue weighted by Gasteiger charge is -1.86. The van der Waals surface area contributed by atoms with Crippen LogP contribution >= 0.6 is 0 Å². The van der Waals surface area contributed by atoms with Gasteiger partial charge in [-0.2, -0.15) is 10.6 Å². The third-order valence-corrected chi connectivity index (χ3v) is 1.05. The van der Waals surface area contributed by atoms with Crippen LogP contribution in [0, 0.1) is 0 Å². The van der Waals surface area contributed by atoms with Crippen LogP contribution in [0.4, 0.5) is 4.48 Å². The molecule has 1 aromatic rings. The second-order valence-electron chi connectivity index (χ2n) is 1.83. The van der Waals surface area contributed by atoms with Crippen molar-refractivity contribution in [1.29, 1.82) is 0 Å². The number of nitrogens with one attached hydrogen (secondary N) is 1. The second-order valence-corrected chi connectivity index (χ2v) is 1.83. The van der Waals surface area contributed by atoms with Gasteiger partial charge in [-0.1, -0.05) is 4.48 Å². The highest BCUT2D eigenvalue weighted by molar-refractivity contribution is 5.92. The molecule has 1 amide bonds. The van der Waals surface area contributed by atoms with Crippen LogP contribution in [-0.4, -0.2) is 15.7 Å². The third-order valence-electron chi connectivity index (χ3n) is 1.05. The van der Waals surface area contributed by atoms with Gasteiger partial charge in [0, 0.05) is 13.2 Å². The molecule has 1 heterocycles. The molecular weight excluding hydrogens is 137 g/mol. The van der Waals surface area contributed by atoms with Crippen LogP contribution in [0.3, 0.4) is 0 Å². The smallest absolute Gasteiger partial charge is 0.275 e. The first-order valence-corrected chi connectivity index (χ1v) is 2.63. The second kappa shape index (κ2) is 2.47. The standard InChI is InChI=1S/C5H6FN3O/c1-9-3-4(2-7-9)5(10)8-6/h2-3H,1H3,(H,8,10). The van der Waals surface area contributed by atoms with E-state index in [2.05, 4.69) is 5.10 Å². The fourth-order valence-electron chi connectivity index (χ4n) is 0.593. The maximum atomic E-state index is 11.4. The van der Waals surface area contributed by atoms with Gasteiger partial charge in [-0.05, 0) is 0 Å². The summed E-state index contributed by atoms with van der Waals surface area (Å²) >= 11 is 0. The zero-order chi connectivity index (χ0) is 7.56. The van der Waals surface area contributed by atoms with E-state index in [1.807, 2.05) is 0 Å². The fraction of sp³-hybridized carbons (Fsp3) is 0.200. The van der Waals surface area contributed by atoms with Gasteiger partial charge in [0.2, 0.25) is 0 Å². The van der Waals surface area contributed by atoms with Crippen molar-refractivity contribution < 1.29 is 9.28 Å². The summed E-state index contributed by atoms with van der Waals surface area (Å²) in [5, 5.41) is 3.67. The van der Waals surface area contributed by atoms with Gasteiger partial charge in [0.1, 0.15) is 0 Å². The molecule has 0 radical (unpaired) electrons. The number of carbonyl (C=O) groups excluding carboxylic acids is 1.